The number of carbonyl (C=O) groups excluding carboxylic acids is 3. The Labute approximate surface area is 296 Å². The summed E-state index contributed by atoms with van der Waals surface area (Å²) < 4.78 is 22.3. The molecule has 14 heteroatoms. The topological polar surface area (TPSA) is 182 Å². The first kappa shape index (κ1) is 38.2. The van der Waals surface area contributed by atoms with Gasteiger partial charge in [0.05, 0.1) is 25.3 Å². The largest absolute Gasteiger partial charge is 0.495 e. The molecule has 0 aromatic heterocycles. The van der Waals surface area contributed by atoms with Gasteiger partial charge >= 0.3 is 12.2 Å². The van der Waals surface area contributed by atoms with Gasteiger partial charge in [-0.05, 0) is 74.2 Å². The van der Waals surface area contributed by atoms with Gasteiger partial charge in [0, 0.05) is 37.9 Å². The molecule has 2 aliphatic heterocycles. The van der Waals surface area contributed by atoms with E-state index in [2.05, 4.69) is 10.6 Å². The van der Waals surface area contributed by atoms with Crippen molar-refractivity contribution < 1.29 is 43.5 Å². The summed E-state index contributed by atoms with van der Waals surface area (Å²) in [4.78, 5) is 41.2. The maximum absolute atomic E-state index is 13.9. The number of benzene rings is 2. The Bertz CT molecular complexity index is 1730. The average Bonchev–Trinajstić information content (AvgIpc) is 3.06. The minimum Gasteiger partial charge on any atom is -0.495 e. The first-order valence-electron chi connectivity index (χ1n) is 16.0. The van der Waals surface area contributed by atoms with Crippen LogP contribution in [-0.2, 0) is 25.4 Å². The molecule has 270 valence electrons. The number of aryl methyl sites for hydroxylation is 1. The van der Waals surface area contributed by atoms with Crippen molar-refractivity contribution in [3.63, 3.8) is 0 Å². The standard InChI is InChI=1S/C36H45ClN4O9/c1-19-9-8-10-30(48-7)36(46)18-29(50-35(45)40-36)22(4)33(43)21(3)27(49-34(44)39-24-11-12-25(38)20(2)14-24)17-31(42)41(5)26-15-23(13-19)16-28(47-6)32(26)37/h8-12,14-16,22,29-30,33,43,46H,13,17-18,38H2,1-7H3,(H,39,44)(H,40,45)/b10-8+,19-9+,27-21-/t22-,29+,30-,33-,36+/m1/s1. The number of methoxy groups -OCH3 is 2. The summed E-state index contributed by atoms with van der Waals surface area (Å²) in [6.45, 7) is 6.81. The number of aliphatic hydroxyl groups excluding tert-OH is 1. The predicted molar refractivity (Wildman–Crippen MR) is 190 cm³/mol. The van der Waals surface area contributed by atoms with Crippen LogP contribution in [0.4, 0.5) is 26.7 Å². The van der Waals surface area contributed by atoms with Crippen molar-refractivity contribution in [3.05, 3.63) is 81.6 Å². The third-order valence-electron chi connectivity index (χ3n) is 9.01. The van der Waals surface area contributed by atoms with Crippen LogP contribution in [0.15, 0.2) is 65.5 Å². The summed E-state index contributed by atoms with van der Waals surface area (Å²) in [6.07, 6.45) is -0.245. The van der Waals surface area contributed by atoms with Gasteiger partial charge in [0.15, 0.2) is 5.72 Å². The first-order valence-corrected chi connectivity index (χ1v) is 16.4. The molecule has 0 saturated carbocycles. The van der Waals surface area contributed by atoms with Crippen molar-refractivity contribution in [1.29, 1.82) is 0 Å². The molecule has 3 amide bonds. The van der Waals surface area contributed by atoms with Crippen molar-refractivity contribution >= 4 is 46.8 Å². The van der Waals surface area contributed by atoms with Gasteiger partial charge in [0.2, 0.25) is 5.91 Å². The fourth-order valence-electron chi connectivity index (χ4n) is 5.91. The highest BCUT2D eigenvalue weighted by atomic mass is 35.5. The van der Waals surface area contributed by atoms with E-state index < -0.39 is 54.5 Å². The molecule has 1 saturated heterocycles. The van der Waals surface area contributed by atoms with E-state index in [4.69, 9.17) is 36.3 Å². The second-order valence-electron chi connectivity index (χ2n) is 12.7. The molecule has 6 N–H and O–H groups in total. The summed E-state index contributed by atoms with van der Waals surface area (Å²) in [5.41, 5.74) is 7.86. The zero-order valence-corrected chi connectivity index (χ0v) is 30.0. The Hall–Kier alpha value is -4.56. The SMILES string of the molecule is COc1cc2cc(c1Cl)N(C)C(=O)C/C(OC(=O)Nc1ccc(N)c(C)c1)=C(\C)[C@@H](O)[C@H](C)[C@@H]1C[C@@](O)(NC(=O)O1)[C@H](OC)/C=C/C=C(\C)C2. The number of fused-ring (bicyclic) bond motifs is 4. The summed E-state index contributed by atoms with van der Waals surface area (Å²) in [6, 6.07) is 8.42. The Balaban J connectivity index is 1.81. The van der Waals surface area contributed by atoms with Crippen molar-refractivity contribution in [2.45, 2.75) is 71.0 Å². The summed E-state index contributed by atoms with van der Waals surface area (Å²) in [7, 11) is 4.40. The molecule has 0 spiro atoms. The molecule has 1 fully saturated rings. The molecule has 4 bridgehead atoms. The van der Waals surface area contributed by atoms with Crippen LogP contribution < -0.4 is 26.0 Å². The number of amides is 3. The lowest BCUT2D eigenvalue weighted by molar-refractivity contribution is -0.146. The lowest BCUT2D eigenvalue weighted by Crippen LogP contribution is -2.63. The molecule has 2 aromatic rings. The molecular weight excluding hydrogens is 668 g/mol. The van der Waals surface area contributed by atoms with E-state index in [0.29, 0.717) is 29.2 Å². The highest BCUT2D eigenvalue weighted by Crippen LogP contribution is 2.38. The van der Waals surface area contributed by atoms with Crippen LogP contribution in [-0.4, -0.2) is 73.6 Å². The van der Waals surface area contributed by atoms with Crippen molar-refractivity contribution in [2.75, 3.05) is 37.2 Å². The van der Waals surface area contributed by atoms with Crippen LogP contribution in [0.5, 0.6) is 5.75 Å². The minimum atomic E-state index is -1.89. The third-order valence-corrected chi connectivity index (χ3v) is 9.39. The summed E-state index contributed by atoms with van der Waals surface area (Å²) in [5, 5.41) is 28.5. The molecule has 0 radical (unpaired) electrons. The van der Waals surface area contributed by atoms with Gasteiger partial charge < -0.3 is 39.8 Å². The Morgan fingerprint density at radius 2 is 1.88 bits per heavy atom. The molecule has 2 aliphatic rings. The van der Waals surface area contributed by atoms with Crippen molar-refractivity contribution in [2.24, 2.45) is 5.92 Å². The number of anilines is 3. The van der Waals surface area contributed by atoms with Crippen LogP contribution in [0.25, 0.3) is 0 Å². The molecule has 2 aromatic carbocycles. The number of nitrogens with zero attached hydrogens (tertiary/aromatic N) is 1. The fourth-order valence-corrected chi connectivity index (χ4v) is 6.22. The van der Waals surface area contributed by atoms with Gasteiger partial charge in [-0.3, -0.25) is 15.4 Å². The Morgan fingerprint density at radius 1 is 1.16 bits per heavy atom. The molecule has 4 rings (SSSR count). The highest BCUT2D eigenvalue weighted by molar-refractivity contribution is 6.35. The van der Waals surface area contributed by atoms with Gasteiger partial charge in [-0.1, -0.05) is 42.3 Å². The van der Waals surface area contributed by atoms with Gasteiger partial charge in [-0.15, -0.1) is 0 Å². The van der Waals surface area contributed by atoms with E-state index in [1.165, 1.54) is 33.1 Å². The zero-order valence-electron chi connectivity index (χ0n) is 29.2. The maximum atomic E-state index is 13.9. The van der Waals surface area contributed by atoms with Gasteiger partial charge in [-0.25, -0.2) is 9.59 Å². The van der Waals surface area contributed by atoms with Gasteiger partial charge in [0.1, 0.15) is 28.7 Å². The lowest BCUT2D eigenvalue weighted by atomic mass is 9.85. The summed E-state index contributed by atoms with van der Waals surface area (Å²) in [5.74, 6) is -1.16. The molecule has 50 heavy (non-hydrogen) atoms. The number of ether oxygens (including phenoxy) is 4. The molecule has 2 heterocycles. The molecule has 0 unspecified atom stereocenters. The number of nitrogen functional groups attached to an aromatic ring is 1. The second kappa shape index (κ2) is 16.0. The number of alkyl carbamates (subject to hydrolysis) is 1. The van der Waals surface area contributed by atoms with E-state index >= 15 is 0 Å². The van der Waals surface area contributed by atoms with Crippen molar-refractivity contribution in [1.82, 2.24) is 5.32 Å². The number of hydrogen-bond donors (Lipinski definition) is 5. The number of rotatable bonds is 4. The van der Waals surface area contributed by atoms with E-state index in [1.807, 2.05) is 13.0 Å². The smallest absolute Gasteiger partial charge is 0.416 e. The minimum absolute atomic E-state index is 0.124. The number of halogens is 1. The maximum Gasteiger partial charge on any atom is 0.416 e. The van der Waals surface area contributed by atoms with Crippen molar-refractivity contribution in [3.8, 4) is 5.75 Å². The predicted octanol–water partition coefficient (Wildman–Crippen LogP) is 5.37. The Kier molecular flexibility index (Phi) is 12.2. The second-order valence-corrected chi connectivity index (χ2v) is 13.1. The molecule has 5 atom stereocenters. The van der Waals surface area contributed by atoms with Gasteiger partial charge in [0.25, 0.3) is 0 Å². The average molecular weight is 713 g/mol. The van der Waals surface area contributed by atoms with Gasteiger partial charge in [-0.2, -0.15) is 0 Å². The number of hydrogen-bond acceptors (Lipinski definition) is 10. The molecule has 0 aliphatic carbocycles. The lowest BCUT2D eigenvalue weighted by Gasteiger charge is -2.42. The van der Waals surface area contributed by atoms with Crippen LogP contribution in [0, 0.1) is 12.8 Å². The first-order chi connectivity index (χ1) is 23.6. The number of nitrogens with one attached hydrogen (secondary N) is 2. The molecular formula is C36H45ClN4O9. The quantitative estimate of drug-likeness (QED) is 0.259. The van der Waals surface area contributed by atoms with E-state index in [-0.39, 0.29) is 22.8 Å². The van der Waals surface area contributed by atoms with E-state index in [9.17, 15) is 24.6 Å². The number of allylic oxidation sites excluding steroid dienone is 3. The van der Waals surface area contributed by atoms with Crippen LogP contribution in [0.3, 0.4) is 0 Å². The normalized spacial score (nSPS) is 28.1. The van der Waals surface area contributed by atoms with Crippen LogP contribution in [0.2, 0.25) is 5.02 Å². The number of aliphatic hydroxyl groups is 2. The monoisotopic (exact) mass is 712 g/mol. The number of carbonyl (C=O) groups is 3. The fraction of sp³-hybridized carbons (Fsp3) is 0.417. The number of nitrogens with two attached hydrogens (primary N) is 1. The highest BCUT2D eigenvalue weighted by Gasteiger charge is 2.47. The van der Waals surface area contributed by atoms with E-state index in [1.54, 1.807) is 56.3 Å². The van der Waals surface area contributed by atoms with Crippen LogP contribution in [0.1, 0.15) is 44.7 Å². The van der Waals surface area contributed by atoms with Crippen LogP contribution >= 0.6 is 11.6 Å². The van der Waals surface area contributed by atoms with E-state index in [0.717, 1.165) is 16.7 Å². The summed E-state index contributed by atoms with van der Waals surface area (Å²) >= 11 is 6.70. The third kappa shape index (κ3) is 8.77. The Morgan fingerprint density at radius 3 is 2.54 bits per heavy atom. The zero-order chi connectivity index (χ0) is 36.9. The molecule has 13 nitrogen and oxygen atoms in total.